The summed E-state index contributed by atoms with van der Waals surface area (Å²) in [4.78, 5) is 28.1. The molecule has 1 aliphatic rings. The predicted molar refractivity (Wildman–Crippen MR) is 213 cm³/mol. The van der Waals surface area contributed by atoms with E-state index < -0.39 is 13.3 Å². The first-order valence-corrected chi connectivity index (χ1v) is 19.3. The summed E-state index contributed by atoms with van der Waals surface area (Å²) < 4.78 is 7.10. The molecule has 0 aliphatic carbocycles. The van der Waals surface area contributed by atoms with Crippen molar-refractivity contribution in [3.05, 3.63) is 215 Å². The Kier molecular flexibility index (Phi) is 8.71. The van der Waals surface area contributed by atoms with Gasteiger partial charge in [-0.1, -0.05) is 123 Å². The van der Waals surface area contributed by atoms with Crippen molar-refractivity contribution < 1.29 is 14.3 Å². The Balaban J connectivity index is 1.13. The van der Waals surface area contributed by atoms with Gasteiger partial charge in [-0.2, -0.15) is 0 Å². The zero-order chi connectivity index (χ0) is 35.7. The Morgan fingerprint density at radius 1 is 0.519 bits per heavy atom. The maximum absolute atomic E-state index is 14.2. The van der Waals surface area contributed by atoms with Crippen molar-refractivity contribution in [2.24, 2.45) is 0 Å². The van der Waals surface area contributed by atoms with Gasteiger partial charge in [0.2, 0.25) is 5.78 Å². The van der Waals surface area contributed by atoms with E-state index in [1.165, 1.54) is 27.0 Å². The molecule has 5 heteroatoms. The highest BCUT2D eigenvalue weighted by atomic mass is 31.2. The summed E-state index contributed by atoms with van der Waals surface area (Å²) in [6.45, 7) is 4.41. The number of ether oxygens (including phenoxy) is 1. The molecule has 0 amide bonds. The fraction of sp³-hybridized carbons (Fsp3) is 0.0851. The minimum atomic E-state index is -2.42. The molecule has 1 heterocycles. The largest absolute Gasteiger partial charge is 0.457 e. The Morgan fingerprint density at radius 3 is 1.56 bits per heavy atom. The van der Waals surface area contributed by atoms with Crippen molar-refractivity contribution in [3.8, 4) is 11.5 Å². The number of carbonyl (C=O) groups is 1. The molecule has 7 aromatic rings. The van der Waals surface area contributed by atoms with Gasteiger partial charge < -0.3 is 4.74 Å². The normalized spacial score (nSPS) is 14.2. The average molecular weight is 696 g/mol. The Morgan fingerprint density at radius 2 is 1.00 bits per heavy atom. The van der Waals surface area contributed by atoms with Crippen LogP contribution in [-0.4, -0.2) is 10.5 Å². The maximum atomic E-state index is 14.2. The van der Waals surface area contributed by atoms with Gasteiger partial charge in [-0.15, -0.1) is 0 Å². The second-order valence-corrected chi connectivity index (χ2v) is 17.1. The second-order valence-electron chi connectivity index (χ2n) is 13.7. The molecule has 1 unspecified atom stereocenters. The molecule has 0 spiro atoms. The van der Waals surface area contributed by atoms with Gasteiger partial charge in [-0.3, -0.25) is 4.79 Å². The van der Waals surface area contributed by atoms with E-state index in [9.17, 15) is 9.70 Å². The van der Waals surface area contributed by atoms with Gasteiger partial charge >= 0.3 is 0 Å². The van der Waals surface area contributed by atoms with Crippen LogP contribution < -0.4 is 26.0 Å². The average Bonchev–Trinajstić information content (AvgIpc) is 3.45. The fourth-order valence-electron chi connectivity index (χ4n) is 7.50. The number of carbonyl (C=O) groups excluding carboxylic acids is 1. The summed E-state index contributed by atoms with van der Waals surface area (Å²) in [5.41, 5.74) is 3.61. The van der Waals surface area contributed by atoms with Gasteiger partial charge in [0.15, 0.2) is 0 Å². The highest BCUT2D eigenvalue weighted by Gasteiger charge is 2.51. The van der Waals surface area contributed by atoms with Crippen LogP contribution in [0.1, 0.15) is 46.9 Å². The molecule has 7 aromatic carbocycles. The standard InChI is InChI=1S/C47H38NO3P/c1-47(2,35-17-7-3-8-18-35)36-26-28-37(29-27-36)51-38-30-31-44-43(33-38)46(49)45(48(44)50)34-16-15-25-42(32-34)52(39-19-9-4-10-20-39,40-21-11-5-12-22-40)41-23-13-6-14-24-41/h3-33,45H,1-2H3/q+2. The van der Waals surface area contributed by atoms with Crippen molar-refractivity contribution in [1.82, 2.24) is 0 Å². The van der Waals surface area contributed by atoms with Crippen LogP contribution in [0.3, 0.4) is 0 Å². The molecule has 1 atom stereocenters. The third-order valence-corrected chi connectivity index (χ3v) is 14.5. The van der Waals surface area contributed by atoms with Gasteiger partial charge in [0.25, 0.3) is 11.7 Å². The van der Waals surface area contributed by atoms with Gasteiger partial charge in [-0.25, -0.2) is 0 Å². The van der Waals surface area contributed by atoms with Crippen LogP contribution in [0.4, 0.5) is 5.69 Å². The summed E-state index contributed by atoms with van der Waals surface area (Å²) in [5, 5.41) is 4.67. The first kappa shape index (κ1) is 33.2. The number of hydrogen-bond donors (Lipinski definition) is 0. The highest BCUT2D eigenvalue weighted by Crippen LogP contribution is 2.54. The lowest BCUT2D eigenvalue weighted by atomic mass is 9.78. The quantitative estimate of drug-likeness (QED) is 0.112. The molecule has 1 aliphatic heterocycles. The number of ketones is 1. The molecule has 52 heavy (non-hydrogen) atoms. The number of nitrogens with zero attached hydrogens (tertiary/aromatic N) is 1. The fourth-order valence-corrected chi connectivity index (χ4v) is 11.8. The molecule has 0 bridgehead atoms. The van der Waals surface area contributed by atoms with Crippen molar-refractivity contribution >= 4 is 40.0 Å². The van der Waals surface area contributed by atoms with Gasteiger partial charge in [0.1, 0.15) is 45.5 Å². The molecule has 252 valence electrons. The van der Waals surface area contributed by atoms with Crippen LogP contribution in [0.5, 0.6) is 11.5 Å². The third kappa shape index (κ3) is 5.76. The van der Waals surface area contributed by atoms with E-state index in [-0.39, 0.29) is 11.2 Å². The minimum Gasteiger partial charge on any atom is -0.457 e. The second kappa shape index (κ2) is 13.6. The van der Waals surface area contributed by atoms with Gasteiger partial charge in [-0.05, 0) is 83.9 Å². The zero-order valence-electron chi connectivity index (χ0n) is 29.1. The molecular formula is C47H38NO3P+2. The van der Waals surface area contributed by atoms with Gasteiger partial charge in [0.05, 0.1) is 4.76 Å². The van der Waals surface area contributed by atoms with Crippen LogP contribution in [0.25, 0.3) is 0 Å². The van der Waals surface area contributed by atoms with Gasteiger partial charge in [0, 0.05) is 22.0 Å². The zero-order valence-corrected chi connectivity index (χ0v) is 30.0. The monoisotopic (exact) mass is 695 g/mol. The summed E-state index contributed by atoms with van der Waals surface area (Å²) in [6.07, 6.45) is 0. The van der Waals surface area contributed by atoms with Crippen LogP contribution in [0.2, 0.25) is 0 Å². The topological polar surface area (TPSA) is 46.4 Å². The smallest absolute Gasteiger partial charge is 0.295 e. The summed E-state index contributed by atoms with van der Waals surface area (Å²) in [7, 11) is -2.42. The number of nitroso groups, excluding NO2 is 1. The molecule has 0 fully saturated rings. The van der Waals surface area contributed by atoms with Crippen LogP contribution in [-0.2, 0) is 5.41 Å². The Labute approximate surface area is 305 Å². The summed E-state index contributed by atoms with van der Waals surface area (Å²) in [5.74, 6) is 0.923. The van der Waals surface area contributed by atoms with E-state index >= 15 is 0 Å². The summed E-state index contributed by atoms with van der Waals surface area (Å²) in [6, 6.07) is 62.5. The Hall–Kier alpha value is -5.96. The number of fused-ring (bicyclic) bond motifs is 1. The van der Waals surface area contributed by atoms with Crippen molar-refractivity contribution in [1.29, 1.82) is 0 Å². The minimum absolute atomic E-state index is 0.172. The van der Waals surface area contributed by atoms with E-state index in [1.54, 1.807) is 18.2 Å². The molecule has 0 radical (unpaired) electrons. The number of benzene rings is 7. The Bertz CT molecular complexity index is 2280. The van der Waals surface area contributed by atoms with Crippen LogP contribution >= 0.6 is 7.26 Å². The number of rotatable bonds is 9. The van der Waals surface area contributed by atoms with Crippen LogP contribution in [0, 0.1) is 4.91 Å². The van der Waals surface area contributed by atoms with Crippen molar-refractivity contribution in [2.45, 2.75) is 25.3 Å². The van der Waals surface area contributed by atoms with E-state index in [4.69, 9.17) is 4.74 Å². The lowest BCUT2D eigenvalue weighted by Gasteiger charge is -2.27. The van der Waals surface area contributed by atoms with Crippen molar-refractivity contribution in [3.63, 3.8) is 0 Å². The lowest BCUT2D eigenvalue weighted by Crippen LogP contribution is -2.38. The van der Waals surface area contributed by atoms with E-state index in [0.29, 0.717) is 28.3 Å². The molecular weight excluding hydrogens is 657 g/mol. The molecule has 8 rings (SSSR count). The third-order valence-electron chi connectivity index (χ3n) is 10.3. The molecule has 0 N–H and O–H groups in total. The number of hydrogen-bond acceptors (Lipinski definition) is 3. The van der Waals surface area contributed by atoms with Crippen LogP contribution in [0.15, 0.2) is 188 Å². The molecule has 0 aromatic heterocycles. The van der Waals surface area contributed by atoms with Crippen molar-refractivity contribution in [2.75, 3.05) is 0 Å². The lowest BCUT2D eigenvalue weighted by molar-refractivity contribution is -0.487. The molecule has 0 saturated heterocycles. The van der Waals surface area contributed by atoms with E-state index in [1.807, 2.05) is 48.5 Å². The molecule has 4 nitrogen and oxygen atoms in total. The SMILES string of the molecule is CC(C)(c1ccccc1)c1ccc(Oc2ccc3c(c2)C(=O)C(c2cccc([P+](c4ccccc4)(c4ccccc4)c4ccccc4)c2)[N+]3=O)cc1. The maximum Gasteiger partial charge on any atom is 0.295 e. The summed E-state index contributed by atoms with van der Waals surface area (Å²) >= 11 is 0. The van der Waals surface area contributed by atoms with E-state index in [2.05, 4.69) is 135 Å². The predicted octanol–water partition coefficient (Wildman–Crippen LogP) is 9.77. The highest BCUT2D eigenvalue weighted by molar-refractivity contribution is 8.01. The molecule has 0 saturated carbocycles. The first-order valence-electron chi connectivity index (χ1n) is 17.5. The van der Waals surface area contributed by atoms with E-state index in [0.717, 1.165) is 10.1 Å². The number of Topliss-reactive ketones (excluding diaryl/α,β-unsaturated/α-hetero) is 1. The first-order chi connectivity index (χ1) is 25.4.